The summed E-state index contributed by atoms with van der Waals surface area (Å²) >= 11 is 3.18. The van der Waals surface area contributed by atoms with Crippen LogP contribution < -0.4 is 4.74 Å². The molecule has 0 spiro atoms. The van der Waals surface area contributed by atoms with Crippen molar-refractivity contribution in [1.29, 1.82) is 0 Å². The van der Waals surface area contributed by atoms with Gasteiger partial charge in [0.15, 0.2) is 6.10 Å². The Hall–Kier alpha value is -1.24. The van der Waals surface area contributed by atoms with Gasteiger partial charge in [-0.3, -0.25) is 0 Å². The zero-order chi connectivity index (χ0) is 12.5. The van der Waals surface area contributed by atoms with Crippen molar-refractivity contribution in [3.05, 3.63) is 29.8 Å². The van der Waals surface area contributed by atoms with E-state index in [9.17, 15) is 13.2 Å². The van der Waals surface area contributed by atoms with Crippen LogP contribution in [-0.4, -0.2) is 11.0 Å². The molecular formula is C10H7BrF3NO2. The molecular weight excluding hydrogens is 303 g/mol. The quantitative estimate of drug-likeness (QED) is 0.833. The van der Waals surface area contributed by atoms with Crippen LogP contribution in [0.3, 0.4) is 0 Å². The van der Waals surface area contributed by atoms with Crippen LogP contribution in [0.4, 0.5) is 13.2 Å². The van der Waals surface area contributed by atoms with Gasteiger partial charge in [-0.1, -0.05) is 17.3 Å². The Bertz CT molecular complexity index is 430. The Morgan fingerprint density at radius 2 is 1.94 bits per heavy atom. The highest BCUT2D eigenvalue weighted by atomic mass is 79.9. The molecule has 1 aliphatic heterocycles. The summed E-state index contributed by atoms with van der Waals surface area (Å²) in [6.07, 6.45) is -4.36. The van der Waals surface area contributed by atoms with Crippen molar-refractivity contribution in [2.24, 2.45) is 5.16 Å². The molecule has 1 aromatic carbocycles. The third kappa shape index (κ3) is 3.36. The molecule has 0 radical (unpaired) electrons. The van der Waals surface area contributed by atoms with Gasteiger partial charge < -0.3 is 9.57 Å². The van der Waals surface area contributed by atoms with Gasteiger partial charge in [0.25, 0.3) is 0 Å². The van der Waals surface area contributed by atoms with Gasteiger partial charge in [0, 0.05) is 6.42 Å². The lowest BCUT2D eigenvalue weighted by Gasteiger charge is -2.11. The molecule has 0 N–H and O–H groups in total. The third-order valence-electron chi connectivity index (χ3n) is 2.12. The highest BCUT2D eigenvalue weighted by Crippen LogP contribution is 2.31. The van der Waals surface area contributed by atoms with E-state index in [0.29, 0.717) is 11.0 Å². The molecule has 92 valence electrons. The Morgan fingerprint density at radius 3 is 2.41 bits per heavy atom. The molecule has 7 heteroatoms. The van der Waals surface area contributed by atoms with E-state index in [1.54, 1.807) is 0 Å². The molecule has 0 amide bonds. The van der Waals surface area contributed by atoms with Crippen LogP contribution >= 0.6 is 15.9 Å². The second-order valence-electron chi connectivity index (χ2n) is 3.38. The lowest BCUT2D eigenvalue weighted by Crippen LogP contribution is -2.17. The Balaban J connectivity index is 2.04. The minimum absolute atomic E-state index is 0.251. The van der Waals surface area contributed by atoms with Crippen LogP contribution in [0, 0.1) is 0 Å². The molecule has 1 atom stereocenters. The molecule has 0 saturated carbocycles. The topological polar surface area (TPSA) is 30.8 Å². The van der Waals surface area contributed by atoms with Gasteiger partial charge in [-0.2, -0.15) is 0 Å². The van der Waals surface area contributed by atoms with Crippen molar-refractivity contribution in [3.63, 3.8) is 0 Å². The molecule has 0 unspecified atom stereocenters. The lowest BCUT2D eigenvalue weighted by molar-refractivity contribution is -0.274. The number of oxime groups is 1. The highest BCUT2D eigenvalue weighted by Gasteiger charge is 2.31. The molecule has 0 saturated heterocycles. The van der Waals surface area contributed by atoms with Gasteiger partial charge in [0.05, 0.1) is 0 Å². The average Bonchev–Trinajstić information content (AvgIpc) is 2.63. The van der Waals surface area contributed by atoms with Crippen LogP contribution in [0.2, 0.25) is 0 Å². The minimum atomic E-state index is -4.67. The van der Waals surface area contributed by atoms with Gasteiger partial charge in [-0.15, -0.1) is 13.2 Å². The van der Waals surface area contributed by atoms with E-state index < -0.39 is 6.36 Å². The summed E-state index contributed by atoms with van der Waals surface area (Å²) in [7, 11) is 0. The fourth-order valence-electron chi connectivity index (χ4n) is 1.41. The van der Waals surface area contributed by atoms with Crippen LogP contribution in [0.25, 0.3) is 0 Å². The van der Waals surface area contributed by atoms with E-state index >= 15 is 0 Å². The lowest BCUT2D eigenvalue weighted by atomic mass is 10.1. The fourth-order valence-corrected chi connectivity index (χ4v) is 1.79. The second kappa shape index (κ2) is 4.56. The van der Waals surface area contributed by atoms with Gasteiger partial charge in [0.2, 0.25) is 0 Å². The standard InChI is InChI=1S/C10H7BrF3NO2/c11-9-5-8(17-15-9)6-1-3-7(4-2-6)16-10(12,13)14/h1-4,8H,5H2/t8-/m0/s1. The number of alkyl halides is 3. The van der Waals surface area contributed by atoms with Crippen molar-refractivity contribution in [1.82, 2.24) is 0 Å². The number of hydrogen-bond acceptors (Lipinski definition) is 3. The molecule has 1 heterocycles. The normalized spacial score (nSPS) is 19.8. The summed E-state index contributed by atoms with van der Waals surface area (Å²) in [5, 5.41) is 3.70. The zero-order valence-corrected chi connectivity index (χ0v) is 9.96. The number of rotatable bonds is 2. The van der Waals surface area contributed by atoms with Crippen LogP contribution in [-0.2, 0) is 4.84 Å². The molecule has 3 nitrogen and oxygen atoms in total. The van der Waals surface area contributed by atoms with E-state index in [2.05, 4.69) is 25.8 Å². The van der Waals surface area contributed by atoms with Crippen molar-refractivity contribution in [2.45, 2.75) is 18.9 Å². The summed E-state index contributed by atoms with van der Waals surface area (Å²) in [5.41, 5.74) is 0.748. The van der Waals surface area contributed by atoms with Crippen LogP contribution in [0.1, 0.15) is 18.1 Å². The summed E-state index contributed by atoms with van der Waals surface area (Å²) in [6.45, 7) is 0. The third-order valence-corrected chi connectivity index (χ3v) is 2.59. The molecule has 0 aromatic heterocycles. The number of ether oxygens (including phenoxy) is 1. The molecule has 17 heavy (non-hydrogen) atoms. The maximum Gasteiger partial charge on any atom is 0.573 e. The number of hydrogen-bond donors (Lipinski definition) is 0. The van der Waals surface area contributed by atoms with E-state index in [-0.39, 0.29) is 11.9 Å². The first-order valence-corrected chi connectivity index (χ1v) is 5.47. The summed E-state index contributed by atoms with van der Waals surface area (Å²) < 4.78 is 40.2. The minimum Gasteiger partial charge on any atom is -0.406 e. The summed E-state index contributed by atoms with van der Waals surface area (Å²) in [6, 6.07) is 5.54. The smallest absolute Gasteiger partial charge is 0.406 e. The first-order valence-electron chi connectivity index (χ1n) is 4.68. The predicted molar refractivity (Wildman–Crippen MR) is 57.9 cm³/mol. The Kier molecular flexibility index (Phi) is 3.28. The van der Waals surface area contributed by atoms with E-state index in [0.717, 1.165) is 5.56 Å². The van der Waals surface area contributed by atoms with Crippen molar-refractivity contribution in [2.75, 3.05) is 0 Å². The van der Waals surface area contributed by atoms with Gasteiger partial charge in [-0.05, 0) is 33.6 Å². The van der Waals surface area contributed by atoms with E-state index in [4.69, 9.17) is 4.84 Å². The predicted octanol–water partition coefficient (Wildman–Crippen LogP) is 3.76. The second-order valence-corrected chi connectivity index (χ2v) is 4.30. The van der Waals surface area contributed by atoms with Gasteiger partial charge >= 0.3 is 6.36 Å². The van der Waals surface area contributed by atoms with Crippen LogP contribution in [0.15, 0.2) is 29.4 Å². The largest absolute Gasteiger partial charge is 0.573 e. The first-order chi connectivity index (χ1) is 7.94. The molecule has 0 fully saturated rings. The van der Waals surface area contributed by atoms with Crippen molar-refractivity contribution in [3.8, 4) is 5.75 Å². The zero-order valence-electron chi connectivity index (χ0n) is 8.37. The summed E-state index contributed by atoms with van der Waals surface area (Å²) in [5.74, 6) is -0.251. The molecule has 0 aliphatic carbocycles. The highest BCUT2D eigenvalue weighted by molar-refractivity contribution is 9.18. The average molecular weight is 310 g/mol. The van der Waals surface area contributed by atoms with Crippen molar-refractivity contribution >= 4 is 20.6 Å². The van der Waals surface area contributed by atoms with Crippen molar-refractivity contribution < 1.29 is 22.7 Å². The molecule has 1 aliphatic rings. The van der Waals surface area contributed by atoms with E-state index in [1.165, 1.54) is 24.3 Å². The monoisotopic (exact) mass is 309 g/mol. The maximum absolute atomic E-state index is 11.9. The van der Waals surface area contributed by atoms with Gasteiger partial charge in [0.1, 0.15) is 10.4 Å². The fraction of sp³-hybridized carbons (Fsp3) is 0.300. The SMILES string of the molecule is FC(F)(F)Oc1ccc([C@@H]2CC(Br)=NO2)cc1. The van der Waals surface area contributed by atoms with E-state index in [1.807, 2.05) is 0 Å². The molecule has 0 bridgehead atoms. The molecule has 2 rings (SSSR count). The van der Waals surface area contributed by atoms with Gasteiger partial charge in [-0.25, -0.2) is 0 Å². The number of nitrogens with zero attached hydrogens (tertiary/aromatic N) is 1. The van der Waals surface area contributed by atoms with Crippen LogP contribution in [0.5, 0.6) is 5.75 Å². The Labute approximate surface area is 103 Å². The number of benzene rings is 1. The first kappa shape index (κ1) is 12.2. The molecule has 1 aromatic rings. The Morgan fingerprint density at radius 1 is 1.29 bits per heavy atom. The maximum atomic E-state index is 11.9. The summed E-state index contributed by atoms with van der Waals surface area (Å²) in [4.78, 5) is 5.07. The number of halogens is 4.